The fraction of sp³-hybridized carbons (Fsp3) is 0. The van der Waals surface area contributed by atoms with Gasteiger partial charge >= 0.3 is 0 Å². The summed E-state index contributed by atoms with van der Waals surface area (Å²) in [6.07, 6.45) is 2.02. The number of aromatic nitrogens is 1. The van der Waals surface area contributed by atoms with Gasteiger partial charge in [-0.25, -0.2) is 0 Å². The van der Waals surface area contributed by atoms with Crippen molar-refractivity contribution in [1.82, 2.24) is 4.98 Å². The molecule has 0 atom stereocenters. The average Bonchev–Trinajstić information content (AvgIpc) is 3.54. The van der Waals surface area contributed by atoms with Crippen LogP contribution in [-0.2, 0) is 0 Å². The minimum Gasteiger partial charge on any atom is -0.361 e. The first kappa shape index (κ1) is 17.3. The Morgan fingerprint density at radius 2 is 1.29 bits per heavy atom. The maximum atomic E-state index is 3.42. The fourth-order valence-electron chi connectivity index (χ4n) is 4.66. The molecule has 31 heavy (non-hydrogen) atoms. The molecule has 0 saturated carbocycles. The Hall–Kier alpha value is -3.40. The minimum absolute atomic E-state index is 1.21. The molecule has 0 spiro atoms. The normalized spacial score (nSPS) is 11.9. The summed E-state index contributed by atoms with van der Waals surface area (Å²) in [5, 5.41) is 5.26. The molecule has 1 N–H and O–H groups in total. The number of benzene rings is 4. The lowest BCUT2D eigenvalue weighted by Crippen LogP contribution is -1.78. The molecule has 0 fully saturated rings. The van der Waals surface area contributed by atoms with Gasteiger partial charge in [0, 0.05) is 58.0 Å². The van der Waals surface area contributed by atoms with Gasteiger partial charge in [0.05, 0.1) is 5.52 Å². The van der Waals surface area contributed by atoms with E-state index in [2.05, 4.69) is 96.0 Å². The highest BCUT2D eigenvalue weighted by atomic mass is 32.1. The Bertz CT molecular complexity index is 1750. The van der Waals surface area contributed by atoms with Gasteiger partial charge in [-0.3, -0.25) is 0 Å². The molecule has 3 heterocycles. The Labute approximate surface area is 187 Å². The van der Waals surface area contributed by atoms with E-state index in [1.54, 1.807) is 0 Å². The largest absolute Gasteiger partial charge is 0.361 e. The van der Waals surface area contributed by atoms with Crippen LogP contribution in [0, 0.1) is 0 Å². The maximum absolute atomic E-state index is 3.42. The van der Waals surface area contributed by atoms with Crippen molar-refractivity contribution in [1.29, 1.82) is 0 Å². The van der Waals surface area contributed by atoms with E-state index in [-0.39, 0.29) is 0 Å². The van der Waals surface area contributed by atoms with Gasteiger partial charge < -0.3 is 4.98 Å². The SMILES string of the molecule is c1cc(-c2cc3cccc(-c4cccc5c4sc4ccccc45)c3s2)c2[nH]ccc2c1. The number of hydrogen-bond donors (Lipinski definition) is 1. The van der Waals surface area contributed by atoms with E-state index < -0.39 is 0 Å². The fourth-order valence-corrected chi connectivity index (χ4v) is 7.11. The van der Waals surface area contributed by atoms with Crippen LogP contribution in [0.1, 0.15) is 0 Å². The Balaban J connectivity index is 1.50. The highest BCUT2D eigenvalue weighted by molar-refractivity contribution is 7.26. The molecule has 0 aliphatic rings. The van der Waals surface area contributed by atoms with E-state index in [1.807, 2.05) is 28.9 Å². The van der Waals surface area contributed by atoms with Crippen LogP contribution < -0.4 is 0 Å². The van der Waals surface area contributed by atoms with E-state index >= 15 is 0 Å². The Morgan fingerprint density at radius 3 is 2.23 bits per heavy atom. The van der Waals surface area contributed by atoms with Gasteiger partial charge in [-0.1, -0.05) is 72.8 Å². The Morgan fingerprint density at radius 1 is 0.548 bits per heavy atom. The second-order valence-electron chi connectivity index (χ2n) is 7.86. The standard InChI is InChI=1S/C28H17NS2/c1-2-13-24-19(8-1)20-10-5-11-22(28(20)30-24)21-9-4-7-18-16-25(31-27(18)21)23-12-3-6-17-14-15-29-26(17)23/h1-16,29H. The highest BCUT2D eigenvalue weighted by Gasteiger charge is 2.15. The predicted molar refractivity (Wildman–Crippen MR) is 137 cm³/mol. The topological polar surface area (TPSA) is 15.8 Å². The zero-order valence-corrected chi connectivity index (χ0v) is 18.2. The van der Waals surface area contributed by atoms with Crippen LogP contribution in [0.15, 0.2) is 97.2 Å². The molecule has 3 aromatic heterocycles. The smallest absolute Gasteiger partial charge is 0.0541 e. The quantitative estimate of drug-likeness (QED) is 0.281. The van der Waals surface area contributed by atoms with E-state index in [4.69, 9.17) is 0 Å². The zero-order valence-electron chi connectivity index (χ0n) is 16.6. The molecule has 0 aliphatic carbocycles. The van der Waals surface area contributed by atoms with Crippen LogP contribution in [0.2, 0.25) is 0 Å². The summed E-state index contributed by atoms with van der Waals surface area (Å²) in [4.78, 5) is 4.73. The molecule has 0 amide bonds. The number of aromatic amines is 1. The van der Waals surface area contributed by atoms with Crippen LogP contribution in [0.4, 0.5) is 0 Å². The number of fused-ring (bicyclic) bond motifs is 5. The lowest BCUT2D eigenvalue weighted by molar-refractivity contribution is 1.48. The Kier molecular flexibility index (Phi) is 3.65. The van der Waals surface area contributed by atoms with Crippen LogP contribution in [0.3, 0.4) is 0 Å². The molecule has 7 rings (SSSR count). The van der Waals surface area contributed by atoms with Crippen molar-refractivity contribution in [2.45, 2.75) is 0 Å². The number of hydrogen-bond acceptors (Lipinski definition) is 2. The third-order valence-corrected chi connectivity index (χ3v) is 8.53. The molecule has 0 unspecified atom stereocenters. The maximum Gasteiger partial charge on any atom is 0.0541 e. The van der Waals surface area contributed by atoms with Crippen molar-refractivity contribution in [3.05, 3.63) is 97.2 Å². The van der Waals surface area contributed by atoms with E-state index in [0.29, 0.717) is 0 Å². The third kappa shape index (κ3) is 2.54. The molecule has 1 nitrogen and oxygen atoms in total. The summed E-state index contributed by atoms with van der Waals surface area (Å²) >= 11 is 3.79. The summed E-state index contributed by atoms with van der Waals surface area (Å²) in [6.45, 7) is 0. The number of rotatable bonds is 2. The van der Waals surface area contributed by atoms with E-state index in [9.17, 15) is 0 Å². The highest BCUT2D eigenvalue weighted by Crippen LogP contribution is 2.45. The molecule has 146 valence electrons. The first-order valence-electron chi connectivity index (χ1n) is 10.4. The molecule has 0 aliphatic heterocycles. The molecular weight excluding hydrogens is 414 g/mol. The van der Waals surface area contributed by atoms with Crippen molar-refractivity contribution in [3.8, 4) is 21.6 Å². The minimum atomic E-state index is 1.21. The van der Waals surface area contributed by atoms with Crippen LogP contribution >= 0.6 is 22.7 Å². The van der Waals surface area contributed by atoms with E-state index in [0.717, 1.165) is 0 Å². The molecular formula is C28H17NS2. The number of thiophene rings is 2. The summed E-state index contributed by atoms with van der Waals surface area (Å²) in [6, 6.07) is 33.2. The third-order valence-electron chi connectivity index (χ3n) is 6.09. The van der Waals surface area contributed by atoms with Crippen LogP contribution in [0.5, 0.6) is 0 Å². The number of H-pyrrole nitrogens is 1. The summed E-state index contributed by atoms with van der Waals surface area (Å²) in [5.41, 5.74) is 5.14. The van der Waals surface area contributed by atoms with Crippen molar-refractivity contribution < 1.29 is 0 Å². The van der Waals surface area contributed by atoms with Gasteiger partial charge in [0.25, 0.3) is 0 Å². The molecule has 4 aromatic carbocycles. The summed E-state index contributed by atoms with van der Waals surface area (Å²) in [5.74, 6) is 0. The summed E-state index contributed by atoms with van der Waals surface area (Å²) in [7, 11) is 0. The first-order valence-corrected chi connectivity index (χ1v) is 12.0. The first-order chi connectivity index (χ1) is 15.4. The number of nitrogens with one attached hydrogen (secondary N) is 1. The average molecular weight is 432 g/mol. The molecule has 7 aromatic rings. The number of para-hydroxylation sites is 1. The molecule has 0 saturated heterocycles. The summed E-state index contributed by atoms with van der Waals surface area (Å²) < 4.78 is 4.08. The second kappa shape index (κ2) is 6.55. The molecule has 0 radical (unpaired) electrons. The van der Waals surface area contributed by atoms with Gasteiger partial charge in [-0.15, -0.1) is 22.7 Å². The molecule has 3 heteroatoms. The lowest BCUT2D eigenvalue weighted by Gasteiger charge is -2.05. The van der Waals surface area contributed by atoms with E-state index in [1.165, 1.54) is 62.7 Å². The van der Waals surface area contributed by atoms with Gasteiger partial charge in [-0.05, 0) is 23.6 Å². The van der Waals surface area contributed by atoms with Crippen molar-refractivity contribution >= 4 is 63.8 Å². The van der Waals surface area contributed by atoms with Gasteiger partial charge in [0.2, 0.25) is 0 Å². The zero-order chi connectivity index (χ0) is 20.4. The van der Waals surface area contributed by atoms with Crippen LogP contribution in [-0.4, -0.2) is 4.98 Å². The predicted octanol–water partition coefficient (Wildman–Crippen LogP) is 9.08. The second-order valence-corrected chi connectivity index (χ2v) is 9.97. The van der Waals surface area contributed by atoms with Crippen molar-refractivity contribution in [2.75, 3.05) is 0 Å². The van der Waals surface area contributed by atoms with Crippen molar-refractivity contribution in [3.63, 3.8) is 0 Å². The van der Waals surface area contributed by atoms with Gasteiger partial charge in [-0.2, -0.15) is 0 Å². The van der Waals surface area contributed by atoms with Gasteiger partial charge in [0.15, 0.2) is 0 Å². The lowest BCUT2D eigenvalue weighted by atomic mass is 10.0. The monoisotopic (exact) mass is 431 g/mol. The van der Waals surface area contributed by atoms with Gasteiger partial charge in [0.1, 0.15) is 0 Å². The molecule has 0 bridgehead atoms. The van der Waals surface area contributed by atoms with Crippen LogP contribution in [0.25, 0.3) is 62.7 Å². The van der Waals surface area contributed by atoms with Crippen molar-refractivity contribution in [2.24, 2.45) is 0 Å².